The minimum absolute atomic E-state index is 0.393. The van der Waals surface area contributed by atoms with Crippen molar-refractivity contribution >= 4 is 12.1 Å². The zero-order valence-electron chi connectivity index (χ0n) is 20.1. The Hall–Kier alpha value is -2.48. The summed E-state index contributed by atoms with van der Waals surface area (Å²) in [5, 5.41) is 9.27. The van der Waals surface area contributed by atoms with Crippen molar-refractivity contribution in [3.63, 3.8) is 0 Å². The lowest BCUT2D eigenvalue weighted by molar-refractivity contribution is 0.0527. The zero-order valence-corrected chi connectivity index (χ0v) is 20.1. The summed E-state index contributed by atoms with van der Waals surface area (Å²) in [6, 6.07) is 8.10. The SMILES string of the molecule is CCN(CC)CCOc1ccc(CNC(=NC)NCCCNC(=O)OC(C)(C)C)cc1. The average molecular weight is 436 g/mol. The number of hydrogen-bond donors (Lipinski definition) is 3. The Bertz CT molecular complexity index is 652. The van der Waals surface area contributed by atoms with Crippen molar-refractivity contribution in [1.29, 1.82) is 0 Å². The van der Waals surface area contributed by atoms with Gasteiger partial charge in [0.1, 0.15) is 18.0 Å². The van der Waals surface area contributed by atoms with Crippen LogP contribution in [0.5, 0.6) is 5.75 Å². The molecular formula is C23H41N5O3. The van der Waals surface area contributed by atoms with E-state index in [4.69, 9.17) is 9.47 Å². The van der Waals surface area contributed by atoms with E-state index in [9.17, 15) is 4.79 Å². The van der Waals surface area contributed by atoms with Crippen molar-refractivity contribution < 1.29 is 14.3 Å². The molecule has 1 rings (SSSR count). The molecule has 176 valence electrons. The first-order valence-corrected chi connectivity index (χ1v) is 11.1. The summed E-state index contributed by atoms with van der Waals surface area (Å²) >= 11 is 0. The van der Waals surface area contributed by atoms with Crippen molar-refractivity contribution in [2.45, 2.75) is 53.2 Å². The number of ether oxygens (including phenoxy) is 2. The lowest BCUT2D eigenvalue weighted by atomic mass is 10.2. The Morgan fingerprint density at radius 1 is 1.03 bits per heavy atom. The van der Waals surface area contributed by atoms with Gasteiger partial charge in [0.15, 0.2) is 5.96 Å². The van der Waals surface area contributed by atoms with Gasteiger partial charge in [-0.05, 0) is 58.0 Å². The third-order valence-corrected chi connectivity index (χ3v) is 4.49. The van der Waals surface area contributed by atoms with Crippen LogP contribution in [-0.2, 0) is 11.3 Å². The fraction of sp³-hybridized carbons (Fsp3) is 0.652. The molecule has 3 N–H and O–H groups in total. The Balaban J connectivity index is 2.24. The highest BCUT2D eigenvalue weighted by molar-refractivity contribution is 5.79. The van der Waals surface area contributed by atoms with E-state index < -0.39 is 11.7 Å². The number of likely N-dealkylation sites (N-methyl/N-ethyl adjacent to an activating group) is 1. The Morgan fingerprint density at radius 3 is 2.26 bits per heavy atom. The molecule has 0 aromatic heterocycles. The minimum atomic E-state index is -0.482. The van der Waals surface area contributed by atoms with E-state index in [1.54, 1.807) is 7.05 Å². The van der Waals surface area contributed by atoms with Crippen molar-refractivity contribution in [2.75, 3.05) is 46.4 Å². The van der Waals surface area contributed by atoms with Gasteiger partial charge in [-0.2, -0.15) is 0 Å². The van der Waals surface area contributed by atoms with Crippen LogP contribution in [0.25, 0.3) is 0 Å². The number of benzene rings is 1. The highest BCUT2D eigenvalue weighted by Gasteiger charge is 2.15. The van der Waals surface area contributed by atoms with Crippen molar-refractivity contribution in [1.82, 2.24) is 20.9 Å². The fourth-order valence-corrected chi connectivity index (χ4v) is 2.74. The lowest BCUT2D eigenvalue weighted by Gasteiger charge is -2.19. The minimum Gasteiger partial charge on any atom is -0.492 e. The van der Waals surface area contributed by atoms with Gasteiger partial charge in [-0.3, -0.25) is 4.99 Å². The maximum absolute atomic E-state index is 11.6. The van der Waals surface area contributed by atoms with E-state index in [0.717, 1.165) is 43.3 Å². The molecule has 31 heavy (non-hydrogen) atoms. The molecule has 0 fully saturated rings. The Morgan fingerprint density at radius 2 is 1.68 bits per heavy atom. The summed E-state index contributed by atoms with van der Waals surface area (Å²) in [6.45, 7) is 15.5. The van der Waals surface area contributed by atoms with Gasteiger partial charge in [0.2, 0.25) is 0 Å². The van der Waals surface area contributed by atoms with Crippen LogP contribution in [0, 0.1) is 0 Å². The van der Waals surface area contributed by atoms with E-state index in [1.807, 2.05) is 32.9 Å². The second-order valence-corrected chi connectivity index (χ2v) is 8.15. The molecule has 0 saturated carbocycles. The molecule has 0 saturated heterocycles. The van der Waals surface area contributed by atoms with Gasteiger partial charge in [0.25, 0.3) is 0 Å². The molecule has 1 aromatic carbocycles. The smallest absolute Gasteiger partial charge is 0.407 e. The summed E-state index contributed by atoms with van der Waals surface area (Å²) in [5.41, 5.74) is 0.662. The topological polar surface area (TPSA) is 87.2 Å². The van der Waals surface area contributed by atoms with Crippen LogP contribution in [0.1, 0.15) is 46.6 Å². The zero-order chi connectivity index (χ0) is 23.1. The number of guanidine groups is 1. The number of hydrogen-bond acceptors (Lipinski definition) is 5. The second kappa shape index (κ2) is 14.5. The van der Waals surface area contributed by atoms with Crippen molar-refractivity contribution in [3.8, 4) is 5.75 Å². The number of amides is 1. The van der Waals surface area contributed by atoms with Crippen molar-refractivity contribution in [2.24, 2.45) is 4.99 Å². The molecule has 1 aromatic rings. The molecule has 0 spiro atoms. The number of rotatable bonds is 12. The van der Waals surface area contributed by atoms with Crippen LogP contribution in [0.15, 0.2) is 29.3 Å². The number of carbonyl (C=O) groups is 1. The number of aliphatic imine (C=N–C) groups is 1. The predicted octanol–water partition coefficient (Wildman–Crippen LogP) is 2.99. The molecule has 0 atom stereocenters. The third-order valence-electron chi connectivity index (χ3n) is 4.49. The van der Waals surface area contributed by atoms with Crippen LogP contribution in [-0.4, -0.2) is 68.9 Å². The standard InChI is InChI=1S/C23H41N5O3/c1-7-28(8-2)16-17-30-20-12-10-19(11-13-20)18-27-21(24-6)25-14-9-15-26-22(29)31-23(3,4)5/h10-13H,7-9,14-18H2,1-6H3,(H,26,29)(H2,24,25,27). The van der Waals surface area contributed by atoms with Crippen LogP contribution in [0.2, 0.25) is 0 Å². The highest BCUT2D eigenvalue weighted by atomic mass is 16.6. The van der Waals surface area contributed by atoms with Gasteiger partial charge in [0.05, 0.1) is 0 Å². The van der Waals surface area contributed by atoms with Gasteiger partial charge >= 0.3 is 6.09 Å². The first-order chi connectivity index (χ1) is 14.8. The lowest BCUT2D eigenvalue weighted by Crippen LogP contribution is -2.39. The number of nitrogens with one attached hydrogen (secondary N) is 3. The quantitative estimate of drug-likeness (QED) is 0.266. The maximum atomic E-state index is 11.6. The molecule has 0 aliphatic carbocycles. The molecule has 0 heterocycles. The molecule has 8 nitrogen and oxygen atoms in total. The molecule has 0 aliphatic heterocycles. The van der Waals surface area contributed by atoms with E-state index >= 15 is 0 Å². The molecule has 0 radical (unpaired) electrons. The van der Waals surface area contributed by atoms with Crippen LogP contribution in [0.4, 0.5) is 4.79 Å². The first kappa shape index (κ1) is 26.6. The van der Waals surface area contributed by atoms with E-state index in [1.165, 1.54) is 0 Å². The Labute approximate surface area is 187 Å². The third kappa shape index (κ3) is 12.7. The van der Waals surface area contributed by atoms with Gasteiger partial charge in [-0.25, -0.2) is 4.79 Å². The molecule has 0 aliphatic rings. The van der Waals surface area contributed by atoms with Crippen molar-refractivity contribution in [3.05, 3.63) is 29.8 Å². The number of carbonyl (C=O) groups excluding carboxylic acids is 1. The number of nitrogens with zero attached hydrogens (tertiary/aromatic N) is 2. The molecule has 8 heteroatoms. The van der Waals surface area contributed by atoms with Gasteiger partial charge < -0.3 is 30.3 Å². The van der Waals surface area contributed by atoms with Gasteiger partial charge in [-0.15, -0.1) is 0 Å². The summed E-state index contributed by atoms with van der Waals surface area (Å²) in [5.74, 6) is 1.60. The molecular weight excluding hydrogens is 394 g/mol. The van der Waals surface area contributed by atoms with E-state index in [0.29, 0.717) is 26.2 Å². The van der Waals surface area contributed by atoms with E-state index in [2.05, 4.69) is 51.8 Å². The Kier molecular flexibility index (Phi) is 12.4. The van der Waals surface area contributed by atoms with Gasteiger partial charge in [0, 0.05) is 33.2 Å². The van der Waals surface area contributed by atoms with Gasteiger partial charge in [-0.1, -0.05) is 26.0 Å². The summed E-state index contributed by atoms with van der Waals surface area (Å²) in [6.07, 6.45) is 0.370. The van der Waals surface area contributed by atoms with E-state index in [-0.39, 0.29) is 0 Å². The van der Waals surface area contributed by atoms with Crippen LogP contribution >= 0.6 is 0 Å². The highest BCUT2D eigenvalue weighted by Crippen LogP contribution is 2.12. The average Bonchev–Trinajstić information content (AvgIpc) is 2.73. The summed E-state index contributed by atoms with van der Waals surface area (Å²) < 4.78 is 11.0. The monoisotopic (exact) mass is 435 g/mol. The second-order valence-electron chi connectivity index (χ2n) is 8.15. The number of alkyl carbamates (subject to hydrolysis) is 1. The summed E-state index contributed by atoms with van der Waals surface area (Å²) in [7, 11) is 1.74. The first-order valence-electron chi connectivity index (χ1n) is 11.1. The maximum Gasteiger partial charge on any atom is 0.407 e. The molecule has 0 unspecified atom stereocenters. The normalized spacial score (nSPS) is 11.9. The molecule has 0 bridgehead atoms. The van der Waals surface area contributed by atoms with Crippen LogP contribution in [0.3, 0.4) is 0 Å². The van der Waals surface area contributed by atoms with Crippen LogP contribution < -0.4 is 20.7 Å². The largest absolute Gasteiger partial charge is 0.492 e. The predicted molar refractivity (Wildman–Crippen MR) is 127 cm³/mol. The fourth-order valence-electron chi connectivity index (χ4n) is 2.74. The summed E-state index contributed by atoms with van der Waals surface area (Å²) in [4.78, 5) is 18.2. The molecule has 1 amide bonds.